The molecule has 2 fully saturated rings. The van der Waals surface area contributed by atoms with Gasteiger partial charge in [0.05, 0.1) is 0 Å². The zero-order chi connectivity index (χ0) is 14.4. The number of hydrogen-bond donors (Lipinski definition) is 3. The van der Waals surface area contributed by atoms with Gasteiger partial charge in [0.25, 0.3) is 5.91 Å². The van der Waals surface area contributed by atoms with Crippen LogP contribution in [0, 0.1) is 5.41 Å². The lowest BCUT2D eigenvalue weighted by atomic mass is 9.82. The Bertz CT molecular complexity index is 575. The molecule has 4 nitrogen and oxygen atoms in total. The van der Waals surface area contributed by atoms with Crippen LogP contribution in [-0.4, -0.2) is 24.5 Å². The summed E-state index contributed by atoms with van der Waals surface area (Å²) in [6.07, 6.45) is 6.63. The number of carbonyl (C=O) groups excluding carboxylic acids is 1. The Balaban J connectivity index is 1.42. The second-order valence-electron chi connectivity index (χ2n) is 6.93. The van der Waals surface area contributed by atoms with Crippen LogP contribution >= 0.6 is 0 Å². The molecular weight excluding hydrogens is 262 g/mol. The summed E-state index contributed by atoms with van der Waals surface area (Å²) in [5, 5.41) is 6.57. The molecule has 21 heavy (non-hydrogen) atoms. The first-order valence-electron chi connectivity index (χ1n) is 8.10. The maximum absolute atomic E-state index is 12.6. The van der Waals surface area contributed by atoms with Crippen LogP contribution in [0.25, 0.3) is 0 Å². The lowest BCUT2D eigenvalue weighted by Gasteiger charge is -2.29. The molecule has 4 rings (SSSR count). The van der Waals surface area contributed by atoms with E-state index in [1.807, 2.05) is 12.1 Å². The Morgan fingerprint density at radius 3 is 2.81 bits per heavy atom. The van der Waals surface area contributed by atoms with Crippen LogP contribution in [0.2, 0.25) is 0 Å². The Morgan fingerprint density at radius 2 is 2.10 bits per heavy atom. The van der Waals surface area contributed by atoms with Gasteiger partial charge in [-0.25, -0.2) is 0 Å². The summed E-state index contributed by atoms with van der Waals surface area (Å²) in [5.41, 5.74) is 9.61. The minimum absolute atomic E-state index is 0.0941. The van der Waals surface area contributed by atoms with E-state index < -0.39 is 0 Å². The molecule has 1 spiro atoms. The average Bonchev–Trinajstić information content (AvgIpc) is 2.89. The van der Waals surface area contributed by atoms with Gasteiger partial charge in [-0.15, -0.1) is 0 Å². The van der Waals surface area contributed by atoms with Crippen molar-refractivity contribution < 1.29 is 4.79 Å². The topological polar surface area (TPSA) is 67.1 Å². The first-order chi connectivity index (χ1) is 10.2. The fourth-order valence-electron chi connectivity index (χ4n) is 4.11. The van der Waals surface area contributed by atoms with Gasteiger partial charge in [0.2, 0.25) is 0 Å². The van der Waals surface area contributed by atoms with Crippen LogP contribution in [0.1, 0.15) is 48.0 Å². The molecular formula is C17H23N3O. The Morgan fingerprint density at radius 1 is 1.33 bits per heavy atom. The summed E-state index contributed by atoms with van der Waals surface area (Å²) in [5.74, 6) is 0.0941. The molecule has 4 heteroatoms. The predicted octanol–water partition coefficient (Wildman–Crippen LogP) is 2.04. The lowest BCUT2D eigenvalue weighted by Crippen LogP contribution is -2.39. The van der Waals surface area contributed by atoms with Gasteiger partial charge in [-0.3, -0.25) is 4.79 Å². The molecule has 2 saturated carbocycles. The maximum Gasteiger partial charge on any atom is 0.251 e. The van der Waals surface area contributed by atoms with E-state index >= 15 is 0 Å². The molecule has 112 valence electrons. The minimum atomic E-state index is 0.0941. The molecule has 3 aliphatic rings. The van der Waals surface area contributed by atoms with Crippen molar-refractivity contribution in [3.05, 3.63) is 29.3 Å². The normalized spacial score (nSPS) is 33.4. The number of anilines is 1. The molecule has 1 aromatic carbocycles. The zero-order valence-electron chi connectivity index (χ0n) is 12.3. The number of benzene rings is 1. The van der Waals surface area contributed by atoms with Crippen LogP contribution in [0.3, 0.4) is 0 Å². The Hall–Kier alpha value is -1.55. The van der Waals surface area contributed by atoms with E-state index in [1.165, 1.54) is 24.8 Å². The molecule has 1 aliphatic heterocycles. The van der Waals surface area contributed by atoms with Gasteiger partial charge in [0.15, 0.2) is 0 Å². The SMILES string of the molecule is NC1CC12CCC(NC(=O)c1cccc3c1CCN3)CC2. The molecule has 4 N–H and O–H groups in total. The molecule has 0 radical (unpaired) electrons. The second-order valence-corrected chi connectivity index (χ2v) is 6.93. The lowest BCUT2D eigenvalue weighted by molar-refractivity contribution is 0.0918. The second kappa shape index (κ2) is 4.73. The van der Waals surface area contributed by atoms with Crippen LogP contribution in [0.5, 0.6) is 0 Å². The molecule has 1 aromatic rings. The van der Waals surface area contributed by atoms with Gasteiger partial charge in [0, 0.05) is 29.9 Å². The number of hydrogen-bond acceptors (Lipinski definition) is 3. The van der Waals surface area contributed by atoms with Gasteiger partial charge in [0.1, 0.15) is 0 Å². The minimum Gasteiger partial charge on any atom is -0.384 e. The maximum atomic E-state index is 12.6. The highest BCUT2D eigenvalue weighted by atomic mass is 16.1. The standard InChI is InChI=1S/C17H23N3O/c18-15-10-17(15)7-4-11(5-8-17)20-16(21)13-2-1-3-14-12(13)6-9-19-14/h1-3,11,15,19H,4-10,18H2,(H,20,21). The molecule has 0 aromatic heterocycles. The highest BCUT2D eigenvalue weighted by molar-refractivity contribution is 5.97. The molecule has 1 unspecified atom stereocenters. The fraction of sp³-hybridized carbons (Fsp3) is 0.588. The summed E-state index contributed by atoms with van der Waals surface area (Å²) >= 11 is 0. The molecule has 0 saturated heterocycles. The van der Waals surface area contributed by atoms with Crippen LogP contribution in [0.4, 0.5) is 5.69 Å². The monoisotopic (exact) mass is 285 g/mol. The van der Waals surface area contributed by atoms with E-state index in [1.54, 1.807) is 0 Å². The third-order valence-corrected chi connectivity index (χ3v) is 5.68. The highest BCUT2D eigenvalue weighted by Gasteiger charge is 2.52. The summed E-state index contributed by atoms with van der Waals surface area (Å²) in [6, 6.07) is 6.70. The number of fused-ring (bicyclic) bond motifs is 1. The van der Waals surface area contributed by atoms with Crippen molar-refractivity contribution in [3.8, 4) is 0 Å². The third kappa shape index (κ3) is 2.22. The molecule has 1 heterocycles. The summed E-state index contributed by atoms with van der Waals surface area (Å²) in [7, 11) is 0. The fourth-order valence-corrected chi connectivity index (χ4v) is 4.11. The van der Waals surface area contributed by atoms with Crippen molar-refractivity contribution in [3.63, 3.8) is 0 Å². The van der Waals surface area contributed by atoms with Gasteiger partial charge in [-0.05, 0) is 61.6 Å². The number of rotatable bonds is 2. The number of amides is 1. The first-order valence-corrected chi connectivity index (χ1v) is 8.10. The average molecular weight is 285 g/mol. The molecule has 0 bridgehead atoms. The van der Waals surface area contributed by atoms with Gasteiger partial charge >= 0.3 is 0 Å². The van der Waals surface area contributed by atoms with Crippen molar-refractivity contribution in [2.45, 2.75) is 50.6 Å². The van der Waals surface area contributed by atoms with E-state index in [4.69, 9.17) is 5.73 Å². The van der Waals surface area contributed by atoms with Gasteiger partial charge in [-0.1, -0.05) is 6.07 Å². The summed E-state index contributed by atoms with van der Waals surface area (Å²) in [6.45, 7) is 0.934. The number of carbonyl (C=O) groups is 1. The van der Waals surface area contributed by atoms with E-state index in [0.717, 1.165) is 37.1 Å². The smallest absolute Gasteiger partial charge is 0.251 e. The van der Waals surface area contributed by atoms with Crippen molar-refractivity contribution in [2.24, 2.45) is 11.1 Å². The summed E-state index contributed by atoms with van der Waals surface area (Å²) in [4.78, 5) is 12.6. The molecule has 1 atom stereocenters. The Kier molecular flexibility index (Phi) is 2.96. The van der Waals surface area contributed by atoms with Crippen molar-refractivity contribution in [1.29, 1.82) is 0 Å². The van der Waals surface area contributed by atoms with Crippen LogP contribution in [0.15, 0.2) is 18.2 Å². The van der Waals surface area contributed by atoms with E-state index in [0.29, 0.717) is 17.5 Å². The van der Waals surface area contributed by atoms with Crippen molar-refractivity contribution in [2.75, 3.05) is 11.9 Å². The van der Waals surface area contributed by atoms with Crippen molar-refractivity contribution >= 4 is 11.6 Å². The van der Waals surface area contributed by atoms with Gasteiger partial charge < -0.3 is 16.4 Å². The molecule has 1 amide bonds. The quantitative estimate of drug-likeness (QED) is 0.779. The van der Waals surface area contributed by atoms with Crippen LogP contribution < -0.4 is 16.4 Å². The number of nitrogens with two attached hydrogens (primary N) is 1. The highest BCUT2D eigenvalue weighted by Crippen LogP contribution is 2.55. The van der Waals surface area contributed by atoms with E-state index in [9.17, 15) is 4.79 Å². The third-order valence-electron chi connectivity index (χ3n) is 5.68. The van der Waals surface area contributed by atoms with Gasteiger partial charge in [-0.2, -0.15) is 0 Å². The zero-order valence-corrected chi connectivity index (χ0v) is 12.3. The van der Waals surface area contributed by atoms with Crippen molar-refractivity contribution in [1.82, 2.24) is 5.32 Å². The largest absolute Gasteiger partial charge is 0.384 e. The van der Waals surface area contributed by atoms with Crippen LogP contribution in [-0.2, 0) is 6.42 Å². The first kappa shape index (κ1) is 13.1. The molecule has 2 aliphatic carbocycles. The Labute approximate surface area is 125 Å². The van der Waals surface area contributed by atoms with E-state index in [2.05, 4.69) is 16.7 Å². The summed E-state index contributed by atoms with van der Waals surface area (Å²) < 4.78 is 0. The van der Waals surface area contributed by atoms with E-state index in [-0.39, 0.29) is 5.91 Å². The number of nitrogens with one attached hydrogen (secondary N) is 2. The predicted molar refractivity (Wildman–Crippen MR) is 83.4 cm³/mol.